The van der Waals surface area contributed by atoms with Gasteiger partial charge in [0.05, 0.1) is 19.2 Å². The molecule has 1 N–H and O–H groups in total. The quantitative estimate of drug-likeness (QED) is 0.908. The molecule has 0 bridgehead atoms. The minimum absolute atomic E-state index is 0.0949. The summed E-state index contributed by atoms with van der Waals surface area (Å²) in [7, 11) is 1.78. The third kappa shape index (κ3) is 4.28. The van der Waals surface area contributed by atoms with Gasteiger partial charge in [-0.25, -0.2) is 0 Å². The van der Waals surface area contributed by atoms with Crippen molar-refractivity contribution < 1.29 is 9.53 Å². The molecule has 4 nitrogen and oxygen atoms in total. The predicted molar refractivity (Wildman–Crippen MR) is 86.5 cm³/mol. The Morgan fingerprint density at radius 3 is 2.90 bits per heavy atom. The molecule has 0 radical (unpaired) electrons. The van der Waals surface area contributed by atoms with Gasteiger partial charge in [0.2, 0.25) is 5.91 Å². The number of carbonyl (C=O) groups excluding carboxylic acids is 1. The second-order valence-electron chi connectivity index (χ2n) is 6.52. The van der Waals surface area contributed by atoms with Gasteiger partial charge < -0.3 is 10.1 Å². The monoisotopic (exact) mass is 310 g/mol. The molecule has 0 spiro atoms. The first kappa shape index (κ1) is 16.5. The minimum Gasteiger partial charge on any atom is -0.381 e. The first-order chi connectivity index (χ1) is 9.92. The number of ether oxygens (including phenoxy) is 1. The van der Waals surface area contributed by atoms with Crippen LogP contribution in [0.4, 0.5) is 0 Å². The molecule has 1 aliphatic rings. The molecular weight excluding hydrogens is 284 g/mol. The van der Waals surface area contributed by atoms with Gasteiger partial charge in [-0.05, 0) is 30.4 Å². The van der Waals surface area contributed by atoms with Crippen LogP contribution >= 0.6 is 11.3 Å². The van der Waals surface area contributed by atoms with Gasteiger partial charge in [0.1, 0.15) is 0 Å². The molecular formula is C16H26N2O2S. The minimum atomic E-state index is 0.0949. The molecule has 1 aromatic heterocycles. The Morgan fingerprint density at radius 2 is 2.33 bits per heavy atom. The molecule has 0 aromatic carbocycles. The lowest BCUT2D eigenvalue weighted by Gasteiger charge is -2.43. The molecule has 1 aliphatic heterocycles. The Balaban J connectivity index is 1.79. The molecule has 0 saturated carbocycles. The third-order valence-electron chi connectivity index (χ3n) is 4.28. The van der Waals surface area contributed by atoms with Gasteiger partial charge in [-0.1, -0.05) is 13.8 Å². The van der Waals surface area contributed by atoms with E-state index in [1.807, 2.05) is 0 Å². The van der Waals surface area contributed by atoms with Crippen molar-refractivity contribution in [3.05, 3.63) is 21.9 Å². The molecule has 1 atom stereocenters. The Hall–Kier alpha value is -0.910. The van der Waals surface area contributed by atoms with E-state index in [1.165, 1.54) is 10.4 Å². The van der Waals surface area contributed by atoms with Crippen molar-refractivity contribution in [2.75, 3.05) is 26.7 Å². The highest BCUT2D eigenvalue weighted by Gasteiger charge is 2.36. The van der Waals surface area contributed by atoms with Gasteiger partial charge >= 0.3 is 0 Å². The van der Waals surface area contributed by atoms with Crippen molar-refractivity contribution in [1.29, 1.82) is 0 Å². The molecule has 1 fully saturated rings. The Kier molecular flexibility index (Phi) is 5.41. The first-order valence-corrected chi connectivity index (χ1v) is 8.35. The van der Waals surface area contributed by atoms with Gasteiger partial charge in [0.25, 0.3) is 0 Å². The molecule has 21 heavy (non-hydrogen) atoms. The van der Waals surface area contributed by atoms with Gasteiger partial charge in [-0.15, -0.1) is 11.3 Å². The second-order valence-corrected chi connectivity index (χ2v) is 7.52. The maximum atomic E-state index is 12.1. The van der Waals surface area contributed by atoms with Crippen LogP contribution in [0.1, 0.15) is 30.7 Å². The van der Waals surface area contributed by atoms with Gasteiger partial charge in [0, 0.05) is 30.5 Å². The number of hydrogen-bond acceptors (Lipinski definition) is 4. The number of nitrogens with zero attached hydrogens (tertiary/aromatic N) is 1. The lowest BCUT2D eigenvalue weighted by Crippen LogP contribution is -2.51. The number of amides is 1. The number of likely N-dealkylation sites (tertiary alicyclic amines) is 1. The van der Waals surface area contributed by atoms with E-state index in [0.717, 1.165) is 19.5 Å². The van der Waals surface area contributed by atoms with Crippen LogP contribution in [0.25, 0.3) is 0 Å². The molecule has 0 aliphatic carbocycles. The van der Waals surface area contributed by atoms with Crippen molar-refractivity contribution >= 4 is 17.2 Å². The van der Waals surface area contributed by atoms with Crippen LogP contribution in [0.2, 0.25) is 0 Å². The number of thiophene rings is 1. The maximum Gasteiger partial charge on any atom is 0.234 e. The average molecular weight is 310 g/mol. The molecule has 1 aromatic rings. The first-order valence-electron chi connectivity index (χ1n) is 7.47. The predicted octanol–water partition coefficient (Wildman–Crippen LogP) is 2.42. The Bertz CT molecular complexity index is 484. The SMILES string of the molecule is COC1CCN(CC(=O)NCc2sccc2C)CC1(C)C. The Morgan fingerprint density at radius 1 is 1.57 bits per heavy atom. The van der Waals surface area contributed by atoms with E-state index in [4.69, 9.17) is 4.74 Å². The number of hydrogen-bond donors (Lipinski definition) is 1. The smallest absolute Gasteiger partial charge is 0.234 e. The van der Waals surface area contributed by atoms with Crippen LogP contribution in [0.5, 0.6) is 0 Å². The largest absolute Gasteiger partial charge is 0.381 e. The molecule has 1 unspecified atom stereocenters. The second kappa shape index (κ2) is 6.90. The molecule has 2 rings (SSSR count). The van der Waals surface area contributed by atoms with E-state index >= 15 is 0 Å². The van der Waals surface area contributed by atoms with Gasteiger partial charge in [-0.2, -0.15) is 0 Å². The topological polar surface area (TPSA) is 41.6 Å². The summed E-state index contributed by atoms with van der Waals surface area (Å²) < 4.78 is 5.54. The molecule has 5 heteroatoms. The summed E-state index contributed by atoms with van der Waals surface area (Å²) in [6, 6.07) is 2.09. The number of rotatable bonds is 5. The number of piperidine rings is 1. The zero-order valence-electron chi connectivity index (χ0n) is 13.4. The summed E-state index contributed by atoms with van der Waals surface area (Å²) in [6.07, 6.45) is 1.27. The van der Waals surface area contributed by atoms with Gasteiger partial charge in [-0.3, -0.25) is 9.69 Å². The van der Waals surface area contributed by atoms with Crippen molar-refractivity contribution in [2.45, 2.75) is 39.8 Å². The molecule has 1 amide bonds. The standard InChI is InChI=1S/C16H26N2O2S/c1-12-6-8-21-13(12)9-17-15(19)10-18-7-5-14(20-4)16(2,3)11-18/h6,8,14H,5,7,9-11H2,1-4H3,(H,17,19). The van der Waals surface area contributed by atoms with E-state index < -0.39 is 0 Å². The highest BCUT2D eigenvalue weighted by Crippen LogP contribution is 2.30. The lowest BCUT2D eigenvalue weighted by molar-refractivity contribution is -0.124. The fraction of sp³-hybridized carbons (Fsp3) is 0.688. The van der Waals surface area contributed by atoms with Gasteiger partial charge in [0.15, 0.2) is 0 Å². The fourth-order valence-electron chi connectivity index (χ4n) is 3.04. The van der Waals surface area contributed by atoms with E-state index in [2.05, 4.69) is 42.4 Å². The van der Waals surface area contributed by atoms with Crippen LogP contribution < -0.4 is 5.32 Å². The number of carbonyl (C=O) groups is 1. The molecule has 118 valence electrons. The van der Waals surface area contributed by atoms with Crippen molar-refractivity contribution in [3.63, 3.8) is 0 Å². The molecule has 1 saturated heterocycles. The van der Waals surface area contributed by atoms with E-state index in [-0.39, 0.29) is 17.4 Å². The van der Waals surface area contributed by atoms with E-state index in [0.29, 0.717) is 13.1 Å². The highest BCUT2D eigenvalue weighted by molar-refractivity contribution is 7.10. The lowest BCUT2D eigenvalue weighted by atomic mass is 9.81. The Labute approximate surface area is 131 Å². The van der Waals surface area contributed by atoms with Crippen LogP contribution in [0, 0.1) is 12.3 Å². The van der Waals surface area contributed by atoms with Crippen LogP contribution in [-0.4, -0.2) is 43.7 Å². The highest BCUT2D eigenvalue weighted by atomic mass is 32.1. The normalized spacial score (nSPS) is 22.2. The summed E-state index contributed by atoms with van der Waals surface area (Å²) in [6.45, 7) is 9.44. The van der Waals surface area contributed by atoms with Crippen LogP contribution in [0.15, 0.2) is 11.4 Å². The zero-order chi connectivity index (χ0) is 15.5. The number of aryl methyl sites for hydroxylation is 1. The van der Waals surface area contributed by atoms with Crippen molar-refractivity contribution in [2.24, 2.45) is 5.41 Å². The third-order valence-corrected chi connectivity index (χ3v) is 5.30. The van der Waals surface area contributed by atoms with Crippen LogP contribution in [0.3, 0.4) is 0 Å². The summed E-state index contributed by atoms with van der Waals surface area (Å²) in [5.74, 6) is 0.106. The fourth-order valence-corrected chi connectivity index (χ4v) is 3.89. The number of nitrogens with one attached hydrogen (secondary N) is 1. The summed E-state index contributed by atoms with van der Waals surface area (Å²) in [5.41, 5.74) is 1.35. The average Bonchev–Trinajstić information content (AvgIpc) is 2.81. The van der Waals surface area contributed by atoms with Crippen LogP contribution in [-0.2, 0) is 16.1 Å². The number of methoxy groups -OCH3 is 1. The molecule has 2 heterocycles. The summed E-state index contributed by atoms with van der Waals surface area (Å²) in [4.78, 5) is 15.6. The van der Waals surface area contributed by atoms with Crippen molar-refractivity contribution in [3.8, 4) is 0 Å². The maximum absolute atomic E-state index is 12.1. The van der Waals surface area contributed by atoms with Crippen molar-refractivity contribution in [1.82, 2.24) is 10.2 Å². The zero-order valence-corrected chi connectivity index (χ0v) is 14.3. The van der Waals surface area contributed by atoms with E-state index in [1.54, 1.807) is 18.4 Å². The van der Waals surface area contributed by atoms with E-state index in [9.17, 15) is 4.79 Å². The summed E-state index contributed by atoms with van der Waals surface area (Å²) >= 11 is 1.70. The summed E-state index contributed by atoms with van der Waals surface area (Å²) in [5, 5.41) is 5.09.